The molecule has 1 aliphatic heterocycles. The number of benzene rings is 3. The molecule has 5 heteroatoms. The van der Waals surface area contributed by atoms with E-state index in [1.54, 1.807) is 19.2 Å². The van der Waals surface area contributed by atoms with Gasteiger partial charge in [0.25, 0.3) is 0 Å². The monoisotopic (exact) mass is 418 g/mol. The molecule has 1 heterocycles. The zero-order valence-electron chi connectivity index (χ0n) is 17.7. The van der Waals surface area contributed by atoms with Crippen molar-refractivity contribution in [2.45, 2.75) is 13.0 Å². The van der Waals surface area contributed by atoms with Crippen LogP contribution in [0, 0.1) is 11.7 Å². The summed E-state index contributed by atoms with van der Waals surface area (Å²) in [5, 5.41) is 3.04. The van der Waals surface area contributed by atoms with Gasteiger partial charge in [-0.1, -0.05) is 54.6 Å². The predicted molar refractivity (Wildman–Crippen MR) is 120 cm³/mol. The summed E-state index contributed by atoms with van der Waals surface area (Å²) in [7, 11) is 1.67. The maximum Gasteiger partial charge on any atom is 0.224 e. The molecule has 4 rings (SSSR count). The van der Waals surface area contributed by atoms with E-state index in [2.05, 4.69) is 22.3 Å². The van der Waals surface area contributed by atoms with E-state index in [1.807, 2.05) is 42.5 Å². The second kappa shape index (κ2) is 9.75. The number of rotatable bonds is 6. The molecule has 3 aromatic carbocycles. The quantitative estimate of drug-likeness (QED) is 0.649. The number of carbonyl (C=O) groups is 1. The van der Waals surface area contributed by atoms with Crippen molar-refractivity contribution >= 4 is 5.91 Å². The summed E-state index contributed by atoms with van der Waals surface area (Å²) in [6.07, 6.45) is 0.625. The van der Waals surface area contributed by atoms with E-state index in [0.29, 0.717) is 26.1 Å². The van der Waals surface area contributed by atoms with Crippen LogP contribution in [-0.2, 0) is 17.8 Å². The lowest BCUT2D eigenvalue weighted by Gasteiger charge is -2.24. The van der Waals surface area contributed by atoms with Crippen molar-refractivity contribution in [3.63, 3.8) is 0 Å². The molecular formula is C26H27FN2O2. The number of carbonyl (C=O) groups excluding carboxylic acids is 1. The Morgan fingerprint density at radius 1 is 1.03 bits per heavy atom. The molecule has 0 bridgehead atoms. The molecule has 31 heavy (non-hydrogen) atoms. The van der Waals surface area contributed by atoms with E-state index in [1.165, 1.54) is 6.07 Å². The summed E-state index contributed by atoms with van der Waals surface area (Å²) in [6, 6.07) is 22.8. The highest BCUT2D eigenvalue weighted by Crippen LogP contribution is 2.33. The lowest BCUT2D eigenvalue weighted by atomic mass is 9.91. The molecule has 0 spiro atoms. The van der Waals surface area contributed by atoms with E-state index in [9.17, 15) is 9.18 Å². The van der Waals surface area contributed by atoms with Crippen molar-refractivity contribution in [2.24, 2.45) is 5.92 Å². The first-order valence-corrected chi connectivity index (χ1v) is 10.6. The van der Waals surface area contributed by atoms with Crippen LogP contribution in [0.1, 0.15) is 11.1 Å². The van der Waals surface area contributed by atoms with Gasteiger partial charge in [0, 0.05) is 31.7 Å². The van der Waals surface area contributed by atoms with Gasteiger partial charge < -0.3 is 10.1 Å². The van der Waals surface area contributed by atoms with Crippen LogP contribution < -0.4 is 10.1 Å². The Hall–Kier alpha value is -3.18. The first-order chi connectivity index (χ1) is 15.1. The number of hydrogen-bond acceptors (Lipinski definition) is 3. The van der Waals surface area contributed by atoms with Gasteiger partial charge >= 0.3 is 0 Å². The number of nitrogens with zero attached hydrogens (tertiary/aromatic N) is 1. The van der Waals surface area contributed by atoms with Crippen LogP contribution in [0.3, 0.4) is 0 Å². The number of methoxy groups -OCH3 is 1. The summed E-state index contributed by atoms with van der Waals surface area (Å²) < 4.78 is 19.2. The Labute approximate surface area is 182 Å². The number of amides is 1. The molecule has 0 aliphatic carbocycles. The van der Waals surface area contributed by atoms with E-state index in [-0.39, 0.29) is 17.6 Å². The van der Waals surface area contributed by atoms with Crippen LogP contribution in [0.5, 0.6) is 5.75 Å². The molecule has 3 aromatic rings. The lowest BCUT2D eigenvalue weighted by molar-refractivity contribution is -0.124. The molecule has 160 valence electrons. The Bertz CT molecular complexity index is 1050. The summed E-state index contributed by atoms with van der Waals surface area (Å²) in [6.45, 7) is 2.59. The molecule has 1 amide bonds. The second-order valence-corrected chi connectivity index (χ2v) is 7.91. The average Bonchev–Trinajstić information content (AvgIpc) is 2.95. The summed E-state index contributed by atoms with van der Waals surface area (Å²) in [5.74, 6) is 0.459. The maximum absolute atomic E-state index is 13.6. The van der Waals surface area contributed by atoms with Crippen molar-refractivity contribution in [1.82, 2.24) is 10.2 Å². The Morgan fingerprint density at radius 3 is 2.61 bits per heavy atom. The van der Waals surface area contributed by atoms with E-state index in [0.717, 1.165) is 34.5 Å². The Balaban J connectivity index is 1.57. The Kier molecular flexibility index (Phi) is 6.63. The molecule has 1 atom stereocenters. The lowest BCUT2D eigenvalue weighted by Crippen LogP contribution is -2.33. The molecule has 0 saturated carbocycles. The molecule has 1 saturated heterocycles. The average molecular weight is 419 g/mol. The number of para-hydroxylation sites is 1. The fraction of sp³-hybridized carbons (Fsp3) is 0.269. The van der Waals surface area contributed by atoms with Crippen molar-refractivity contribution in [1.29, 1.82) is 0 Å². The van der Waals surface area contributed by atoms with E-state index in [4.69, 9.17) is 4.74 Å². The van der Waals surface area contributed by atoms with Crippen molar-refractivity contribution in [3.8, 4) is 16.9 Å². The second-order valence-electron chi connectivity index (χ2n) is 7.91. The predicted octanol–water partition coefficient (Wildman–Crippen LogP) is 4.29. The van der Waals surface area contributed by atoms with Gasteiger partial charge in [0.2, 0.25) is 5.91 Å². The van der Waals surface area contributed by atoms with Gasteiger partial charge in [-0.3, -0.25) is 9.69 Å². The zero-order chi connectivity index (χ0) is 21.6. The highest BCUT2D eigenvalue weighted by Gasteiger charge is 2.26. The topological polar surface area (TPSA) is 41.6 Å². The van der Waals surface area contributed by atoms with Gasteiger partial charge in [-0.15, -0.1) is 0 Å². The molecule has 4 nitrogen and oxygen atoms in total. The highest BCUT2D eigenvalue weighted by molar-refractivity contribution is 5.80. The summed E-state index contributed by atoms with van der Waals surface area (Å²) in [5.41, 5.74) is 4.13. The van der Waals surface area contributed by atoms with Gasteiger partial charge in [-0.25, -0.2) is 4.39 Å². The minimum Gasteiger partial charge on any atom is -0.496 e. The zero-order valence-corrected chi connectivity index (χ0v) is 17.7. The third-order valence-corrected chi connectivity index (χ3v) is 5.75. The molecule has 1 unspecified atom stereocenters. The fourth-order valence-corrected chi connectivity index (χ4v) is 4.26. The number of hydrogen-bond donors (Lipinski definition) is 1. The smallest absolute Gasteiger partial charge is 0.224 e. The summed E-state index contributed by atoms with van der Waals surface area (Å²) >= 11 is 0. The molecule has 0 aromatic heterocycles. The normalized spacial score (nSPS) is 17.1. The van der Waals surface area contributed by atoms with Crippen molar-refractivity contribution in [2.75, 3.05) is 26.7 Å². The van der Waals surface area contributed by atoms with E-state index < -0.39 is 0 Å². The van der Waals surface area contributed by atoms with Gasteiger partial charge in [0.1, 0.15) is 11.6 Å². The molecule has 1 N–H and O–H groups in total. The van der Waals surface area contributed by atoms with Gasteiger partial charge in [0.15, 0.2) is 0 Å². The SMILES string of the molecule is COc1ccccc1-c1ccccc1CC1CN(Cc2cccc(F)c2)CCNC1=O. The number of nitrogens with one attached hydrogen (secondary N) is 1. The first-order valence-electron chi connectivity index (χ1n) is 10.6. The molecule has 1 fully saturated rings. The molecular weight excluding hydrogens is 391 g/mol. The third kappa shape index (κ3) is 5.12. The van der Waals surface area contributed by atoms with Gasteiger partial charge in [-0.05, 0) is 41.3 Å². The van der Waals surface area contributed by atoms with Crippen LogP contribution in [0.15, 0.2) is 72.8 Å². The van der Waals surface area contributed by atoms with Crippen LogP contribution in [0.25, 0.3) is 11.1 Å². The van der Waals surface area contributed by atoms with Crippen LogP contribution in [0.2, 0.25) is 0 Å². The minimum atomic E-state index is -0.233. The third-order valence-electron chi connectivity index (χ3n) is 5.75. The van der Waals surface area contributed by atoms with Crippen LogP contribution in [-0.4, -0.2) is 37.6 Å². The van der Waals surface area contributed by atoms with E-state index >= 15 is 0 Å². The van der Waals surface area contributed by atoms with Gasteiger partial charge in [0.05, 0.1) is 13.0 Å². The van der Waals surface area contributed by atoms with Crippen LogP contribution in [0.4, 0.5) is 4.39 Å². The standard InChI is InChI=1S/C26H27FN2O2/c1-31-25-12-5-4-11-24(25)23-10-3-2-8-20(23)16-21-18-29(14-13-28-26(21)30)17-19-7-6-9-22(27)15-19/h2-12,15,21H,13-14,16-18H2,1H3,(H,28,30). The maximum atomic E-state index is 13.6. The van der Waals surface area contributed by atoms with Crippen LogP contribution >= 0.6 is 0 Å². The highest BCUT2D eigenvalue weighted by atomic mass is 19.1. The molecule has 1 aliphatic rings. The first kappa shape index (κ1) is 21.1. The molecule has 0 radical (unpaired) electrons. The van der Waals surface area contributed by atoms with Gasteiger partial charge in [-0.2, -0.15) is 0 Å². The fourth-order valence-electron chi connectivity index (χ4n) is 4.26. The van der Waals surface area contributed by atoms with Crippen molar-refractivity contribution < 1.29 is 13.9 Å². The summed E-state index contributed by atoms with van der Waals surface area (Å²) in [4.78, 5) is 15.0. The minimum absolute atomic E-state index is 0.0663. The largest absolute Gasteiger partial charge is 0.496 e. The Morgan fingerprint density at radius 2 is 1.81 bits per heavy atom. The number of halogens is 1. The van der Waals surface area contributed by atoms with Crippen molar-refractivity contribution in [3.05, 3.63) is 89.7 Å². The number of ether oxygens (including phenoxy) is 1.